The quantitative estimate of drug-likeness (QED) is 0.245. The highest BCUT2D eigenvalue weighted by Gasteiger charge is 2.65. The number of fused-ring (bicyclic) bond motifs is 5. The van der Waals surface area contributed by atoms with Crippen molar-refractivity contribution in [2.45, 2.75) is 111 Å². The van der Waals surface area contributed by atoms with Gasteiger partial charge in [0.1, 0.15) is 0 Å². The highest BCUT2D eigenvalue weighted by Crippen LogP contribution is 2.68. The van der Waals surface area contributed by atoms with Crippen LogP contribution in [0, 0.1) is 46.3 Å². The van der Waals surface area contributed by atoms with Crippen molar-refractivity contribution in [1.29, 1.82) is 0 Å². The van der Waals surface area contributed by atoms with Gasteiger partial charge in [0.2, 0.25) is 5.91 Å². The van der Waals surface area contributed by atoms with Crippen molar-refractivity contribution >= 4 is 17.4 Å². The lowest BCUT2D eigenvalue weighted by Crippen LogP contribution is -2.62. The Morgan fingerprint density at radius 3 is 2.22 bits per heavy atom. The van der Waals surface area contributed by atoms with Crippen molar-refractivity contribution in [2.24, 2.45) is 46.3 Å². The standard InChI is InChI=1S/C37H49NO5.C2H6/c1-22(9-16-33(42)38-26-12-10-24(11-13-26)35(43)23-7-5-4-6-8-23)28-14-15-29-34-30(21-32(41)37(28,29)3)36(2)18-17-27(39)19-25(36)20-31(34)40;1-2/h4-8,10-13,22,25,27-32,34,39-41H,9,14-21H2,1-3H3,(H,38,42);1-2H3/t22-,25?,27-,28?,29?,30?,31-,32+,34?,36?,37?;/m1./s1. The van der Waals surface area contributed by atoms with Crippen LogP contribution in [0.3, 0.4) is 0 Å². The fourth-order valence-electron chi connectivity index (χ4n) is 10.4. The zero-order valence-electron chi connectivity index (χ0n) is 27.9. The highest BCUT2D eigenvalue weighted by molar-refractivity contribution is 6.09. The maximum Gasteiger partial charge on any atom is 0.224 e. The van der Waals surface area contributed by atoms with Crippen molar-refractivity contribution in [1.82, 2.24) is 0 Å². The highest BCUT2D eigenvalue weighted by atomic mass is 16.3. The molecule has 0 heterocycles. The monoisotopic (exact) mass is 617 g/mol. The average Bonchev–Trinajstić information content (AvgIpc) is 3.41. The minimum atomic E-state index is -0.422. The fourth-order valence-corrected chi connectivity index (χ4v) is 10.4. The Labute approximate surface area is 270 Å². The smallest absolute Gasteiger partial charge is 0.224 e. The van der Waals surface area contributed by atoms with Gasteiger partial charge in [0.15, 0.2) is 5.78 Å². The minimum Gasteiger partial charge on any atom is -0.393 e. The Bertz CT molecular complexity index is 1310. The number of hydrogen-bond acceptors (Lipinski definition) is 5. The van der Waals surface area contributed by atoms with Crippen LogP contribution in [0.2, 0.25) is 0 Å². The van der Waals surface area contributed by atoms with E-state index in [4.69, 9.17) is 0 Å². The second kappa shape index (κ2) is 13.7. The third-order valence-corrected chi connectivity index (χ3v) is 12.8. The number of nitrogens with one attached hydrogen (secondary N) is 1. The SMILES string of the molecule is CC.C[C@H](CCC(=O)Nc1ccc(C(=O)c2ccccc2)cc1)C1CCC2C3C(C[C@H](O)C21C)C1(C)CC[C@@H](O)CC1C[C@H]3O. The molecule has 4 aliphatic carbocycles. The predicted molar refractivity (Wildman–Crippen MR) is 179 cm³/mol. The summed E-state index contributed by atoms with van der Waals surface area (Å²) in [6, 6.07) is 16.2. The topological polar surface area (TPSA) is 107 Å². The van der Waals surface area contributed by atoms with Gasteiger partial charge in [0.25, 0.3) is 0 Å². The summed E-state index contributed by atoms with van der Waals surface area (Å²) in [5, 5.41) is 36.7. The van der Waals surface area contributed by atoms with Crippen LogP contribution < -0.4 is 5.32 Å². The molecule has 4 N–H and O–H groups in total. The van der Waals surface area contributed by atoms with Gasteiger partial charge in [0.05, 0.1) is 18.3 Å². The zero-order chi connectivity index (χ0) is 32.5. The molecule has 4 fully saturated rings. The second-order valence-corrected chi connectivity index (χ2v) is 14.9. The van der Waals surface area contributed by atoms with E-state index in [1.165, 1.54) is 0 Å². The van der Waals surface area contributed by atoms with Crippen LogP contribution in [0.5, 0.6) is 0 Å². The van der Waals surface area contributed by atoms with E-state index in [2.05, 4.69) is 26.1 Å². The van der Waals surface area contributed by atoms with Gasteiger partial charge in [-0.2, -0.15) is 0 Å². The van der Waals surface area contributed by atoms with Gasteiger partial charge in [-0.1, -0.05) is 65.0 Å². The lowest BCUT2D eigenvalue weighted by atomic mass is 9.43. The molecule has 0 aliphatic heterocycles. The number of aliphatic hydroxyl groups is 3. The van der Waals surface area contributed by atoms with Crippen LogP contribution in [0.15, 0.2) is 54.6 Å². The first kappa shape index (κ1) is 33.8. The normalized spacial score (nSPS) is 37.6. The van der Waals surface area contributed by atoms with Crippen LogP contribution in [-0.4, -0.2) is 45.3 Å². The first-order chi connectivity index (χ1) is 21.5. The van der Waals surface area contributed by atoms with Crippen LogP contribution in [0.1, 0.15) is 108 Å². The van der Waals surface area contributed by atoms with E-state index in [0.29, 0.717) is 35.1 Å². The number of carbonyl (C=O) groups is 2. The summed E-state index contributed by atoms with van der Waals surface area (Å²) in [7, 11) is 0. The van der Waals surface area contributed by atoms with Crippen molar-refractivity contribution in [3.63, 3.8) is 0 Å². The maximum atomic E-state index is 12.9. The van der Waals surface area contributed by atoms with Gasteiger partial charge in [-0.3, -0.25) is 9.59 Å². The van der Waals surface area contributed by atoms with Crippen molar-refractivity contribution in [3.8, 4) is 0 Å². The van der Waals surface area contributed by atoms with Crippen molar-refractivity contribution in [2.75, 3.05) is 5.32 Å². The number of benzene rings is 2. The summed E-state index contributed by atoms with van der Waals surface area (Å²) in [4.78, 5) is 25.6. The molecule has 1 amide bonds. The van der Waals surface area contributed by atoms with Crippen LogP contribution >= 0.6 is 0 Å². The molecule has 2 aromatic carbocycles. The Kier molecular flexibility index (Phi) is 10.3. The molecule has 4 saturated carbocycles. The van der Waals surface area contributed by atoms with E-state index in [9.17, 15) is 24.9 Å². The number of carbonyl (C=O) groups excluding carboxylic acids is 2. The molecular formula is C39H55NO5. The molecule has 7 unspecified atom stereocenters. The van der Waals surface area contributed by atoms with Gasteiger partial charge >= 0.3 is 0 Å². The number of aliphatic hydroxyl groups excluding tert-OH is 3. The van der Waals surface area contributed by atoms with E-state index in [0.717, 1.165) is 51.4 Å². The van der Waals surface area contributed by atoms with Crippen LogP contribution in [-0.2, 0) is 4.79 Å². The Morgan fingerprint density at radius 2 is 1.53 bits per heavy atom. The lowest BCUT2D eigenvalue weighted by molar-refractivity contribution is -0.207. The molecular weight excluding hydrogens is 562 g/mol. The molecule has 0 spiro atoms. The average molecular weight is 618 g/mol. The summed E-state index contributed by atoms with van der Waals surface area (Å²) < 4.78 is 0. The van der Waals surface area contributed by atoms with E-state index >= 15 is 0 Å². The van der Waals surface area contributed by atoms with E-state index < -0.39 is 6.10 Å². The third-order valence-electron chi connectivity index (χ3n) is 12.8. The lowest BCUT2D eigenvalue weighted by Gasteiger charge is -2.63. The zero-order valence-corrected chi connectivity index (χ0v) is 27.9. The Hall–Kier alpha value is -2.54. The number of amides is 1. The van der Waals surface area contributed by atoms with Gasteiger partial charge in [-0.25, -0.2) is 0 Å². The van der Waals surface area contributed by atoms with Crippen molar-refractivity contribution < 1.29 is 24.9 Å². The molecule has 2 aromatic rings. The molecule has 6 rings (SSSR count). The van der Waals surface area contributed by atoms with Gasteiger partial charge in [-0.05, 0) is 122 Å². The molecule has 246 valence electrons. The molecule has 0 radical (unpaired) electrons. The largest absolute Gasteiger partial charge is 0.393 e. The predicted octanol–water partition coefficient (Wildman–Crippen LogP) is 7.26. The summed E-state index contributed by atoms with van der Waals surface area (Å²) >= 11 is 0. The fraction of sp³-hybridized carbons (Fsp3) is 0.641. The first-order valence-corrected chi connectivity index (χ1v) is 17.6. The third kappa shape index (κ3) is 6.27. The minimum absolute atomic E-state index is 0.0425. The number of ketones is 1. The van der Waals surface area contributed by atoms with Crippen LogP contribution in [0.4, 0.5) is 5.69 Å². The molecule has 0 saturated heterocycles. The Balaban J connectivity index is 0.00000196. The summed E-state index contributed by atoms with van der Waals surface area (Å²) in [5.74, 6) is 1.57. The molecule has 6 heteroatoms. The van der Waals surface area contributed by atoms with Gasteiger partial charge in [0, 0.05) is 23.2 Å². The van der Waals surface area contributed by atoms with Gasteiger partial charge in [-0.15, -0.1) is 0 Å². The molecule has 11 atom stereocenters. The summed E-state index contributed by atoms with van der Waals surface area (Å²) in [6.45, 7) is 10.9. The molecule has 0 aromatic heterocycles. The number of anilines is 1. The van der Waals surface area contributed by atoms with E-state index in [1.54, 1.807) is 36.4 Å². The number of rotatable bonds is 7. The molecule has 6 nitrogen and oxygen atoms in total. The maximum absolute atomic E-state index is 12.9. The Morgan fingerprint density at radius 1 is 0.867 bits per heavy atom. The van der Waals surface area contributed by atoms with Crippen molar-refractivity contribution in [3.05, 3.63) is 65.7 Å². The van der Waals surface area contributed by atoms with E-state index in [-0.39, 0.29) is 58.4 Å². The second-order valence-electron chi connectivity index (χ2n) is 14.9. The van der Waals surface area contributed by atoms with Gasteiger partial charge < -0.3 is 20.6 Å². The number of hydrogen-bond donors (Lipinski definition) is 4. The summed E-state index contributed by atoms with van der Waals surface area (Å²) in [5.41, 5.74) is 1.71. The summed E-state index contributed by atoms with van der Waals surface area (Å²) in [6.07, 6.45) is 6.17. The van der Waals surface area contributed by atoms with Crippen LogP contribution in [0.25, 0.3) is 0 Å². The molecule has 0 bridgehead atoms. The molecule has 4 aliphatic rings. The first-order valence-electron chi connectivity index (χ1n) is 17.6. The van der Waals surface area contributed by atoms with E-state index in [1.807, 2.05) is 32.0 Å². The molecule has 45 heavy (non-hydrogen) atoms.